The number of anilines is 5. The van der Waals surface area contributed by atoms with Gasteiger partial charge in [-0.1, -0.05) is 24.3 Å². The molecular weight excluding hydrogens is 286 g/mol. The van der Waals surface area contributed by atoms with E-state index in [-0.39, 0.29) is 0 Å². The van der Waals surface area contributed by atoms with E-state index < -0.39 is 0 Å². The molecule has 0 saturated heterocycles. The van der Waals surface area contributed by atoms with Gasteiger partial charge in [0.2, 0.25) is 0 Å². The fraction of sp³-hybridized carbons (Fsp3) is 0.111. The van der Waals surface area contributed by atoms with Crippen molar-refractivity contribution < 1.29 is 0 Å². The highest BCUT2D eigenvalue weighted by atomic mass is 15.1. The molecule has 5 heteroatoms. The number of aryl methyl sites for hydroxylation is 2. The molecule has 0 saturated carbocycles. The summed E-state index contributed by atoms with van der Waals surface area (Å²) >= 11 is 0. The Morgan fingerprint density at radius 1 is 0.783 bits per heavy atom. The molecule has 0 fully saturated rings. The van der Waals surface area contributed by atoms with Gasteiger partial charge in [0.25, 0.3) is 0 Å². The third kappa shape index (κ3) is 3.58. The maximum absolute atomic E-state index is 6.21. The van der Waals surface area contributed by atoms with Gasteiger partial charge in [0.15, 0.2) is 11.6 Å². The Morgan fingerprint density at radius 3 is 1.70 bits per heavy atom. The van der Waals surface area contributed by atoms with E-state index in [1.54, 1.807) is 0 Å². The summed E-state index contributed by atoms with van der Waals surface area (Å²) in [6.45, 7) is 4.08. The first kappa shape index (κ1) is 14.8. The molecule has 0 aliphatic carbocycles. The highest BCUT2D eigenvalue weighted by molar-refractivity contribution is 5.80. The van der Waals surface area contributed by atoms with Crippen molar-refractivity contribution in [2.24, 2.45) is 0 Å². The first-order chi connectivity index (χ1) is 11.1. The number of hydrogen-bond acceptors (Lipinski definition) is 5. The Kier molecular flexibility index (Phi) is 4.10. The van der Waals surface area contributed by atoms with Crippen LogP contribution in [0.3, 0.4) is 0 Å². The highest BCUT2D eigenvalue weighted by Crippen LogP contribution is 2.28. The van der Waals surface area contributed by atoms with E-state index >= 15 is 0 Å². The summed E-state index contributed by atoms with van der Waals surface area (Å²) in [7, 11) is 0. The maximum atomic E-state index is 6.21. The second-order valence-electron chi connectivity index (χ2n) is 5.47. The second-order valence-corrected chi connectivity index (χ2v) is 5.47. The summed E-state index contributed by atoms with van der Waals surface area (Å²) in [5.41, 5.74) is 10.9. The van der Waals surface area contributed by atoms with Gasteiger partial charge in [-0.2, -0.15) is 0 Å². The average molecular weight is 305 g/mol. The SMILES string of the molecule is Cc1cccc(Nc2ncnc(Nc3cccc(C)c3)c2N)c1. The molecule has 23 heavy (non-hydrogen) atoms. The monoisotopic (exact) mass is 305 g/mol. The molecule has 0 unspecified atom stereocenters. The van der Waals surface area contributed by atoms with Crippen molar-refractivity contribution in [2.45, 2.75) is 13.8 Å². The van der Waals surface area contributed by atoms with Crippen molar-refractivity contribution in [3.8, 4) is 0 Å². The van der Waals surface area contributed by atoms with E-state index in [1.165, 1.54) is 17.5 Å². The van der Waals surface area contributed by atoms with Gasteiger partial charge in [-0.15, -0.1) is 0 Å². The van der Waals surface area contributed by atoms with Crippen molar-refractivity contribution in [3.63, 3.8) is 0 Å². The fourth-order valence-electron chi connectivity index (χ4n) is 2.31. The molecule has 2 aromatic carbocycles. The van der Waals surface area contributed by atoms with Gasteiger partial charge >= 0.3 is 0 Å². The number of nitrogen functional groups attached to an aromatic ring is 1. The first-order valence-electron chi connectivity index (χ1n) is 7.40. The molecule has 1 aromatic heterocycles. The van der Waals surface area contributed by atoms with Crippen LogP contribution in [0, 0.1) is 13.8 Å². The van der Waals surface area contributed by atoms with Crippen LogP contribution in [-0.4, -0.2) is 9.97 Å². The molecule has 5 nitrogen and oxygen atoms in total. The van der Waals surface area contributed by atoms with Crippen LogP contribution in [0.2, 0.25) is 0 Å². The predicted molar refractivity (Wildman–Crippen MR) is 95.4 cm³/mol. The van der Waals surface area contributed by atoms with E-state index in [1.807, 2.05) is 62.4 Å². The number of rotatable bonds is 4. The third-order valence-corrected chi connectivity index (χ3v) is 3.45. The molecular formula is C18H19N5. The molecule has 4 N–H and O–H groups in total. The molecule has 0 atom stereocenters. The van der Waals surface area contributed by atoms with Crippen LogP contribution < -0.4 is 16.4 Å². The lowest BCUT2D eigenvalue weighted by Crippen LogP contribution is -2.05. The smallest absolute Gasteiger partial charge is 0.159 e. The summed E-state index contributed by atoms with van der Waals surface area (Å²) in [6.07, 6.45) is 1.49. The Bertz CT molecular complexity index is 763. The number of nitrogens with two attached hydrogens (primary N) is 1. The lowest BCUT2D eigenvalue weighted by Gasteiger charge is -2.13. The van der Waals surface area contributed by atoms with Gasteiger partial charge in [0.1, 0.15) is 12.0 Å². The molecule has 116 valence electrons. The number of benzene rings is 2. The van der Waals surface area contributed by atoms with E-state index in [9.17, 15) is 0 Å². The van der Waals surface area contributed by atoms with Crippen LogP contribution in [0.25, 0.3) is 0 Å². The quantitative estimate of drug-likeness (QED) is 0.674. The van der Waals surface area contributed by atoms with E-state index in [4.69, 9.17) is 5.73 Å². The zero-order valence-electron chi connectivity index (χ0n) is 13.2. The number of nitrogens with one attached hydrogen (secondary N) is 2. The maximum Gasteiger partial charge on any atom is 0.159 e. The van der Waals surface area contributed by atoms with Crippen molar-refractivity contribution >= 4 is 28.7 Å². The Balaban J connectivity index is 1.86. The normalized spacial score (nSPS) is 10.3. The van der Waals surface area contributed by atoms with Gasteiger partial charge in [-0.05, 0) is 49.2 Å². The molecule has 0 aliphatic heterocycles. The average Bonchev–Trinajstić information content (AvgIpc) is 2.51. The summed E-state index contributed by atoms with van der Waals surface area (Å²) in [5, 5.41) is 6.47. The van der Waals surface area contributed by atoms with Crippen molar-refractivity contribution in [3.05, 3.63) is 66.0 Å². The highest BCUT2D eigenvalue weighted by Gasteiger charge is 2.09. The topological polar surface area (TPSA) is 75.9 Å². The Labute approximate surface area is 135 Å². The van der Waals surface area contributed by atoms with Crippen LogP contribution in [-0.2, 0) is 0 Å². The number of hydrogen-bond donors (Lipinski definition) is 3. The molecule has 0 amide bonds. The Hall–Kier alpha value is -3.08. The van der Waals surface area contributed by atoms with Crippen LogP contribution in [0.5, 0.6) is 0 Å². The van der Waals surface area contributed by atoms with Crippen LogP contribution in [0.4, 0.5) is 28.7 Å². The first-order valence-corrected chi connectivity index (χ1v) is 7.40. The third-order valence-electron chi connectivity index (χ3n) is 3.45. The molecule has 3 aromatic rings. The van der Waals surface area contributed by atoms with Gasteiger partial charge in [0, 0.05) is 11.4 Å². The summed E-state index contributed by atoms with van der Waals surface area (Å²) in [4.78, 5) is 8.47. The zero-order valence-corrected chi connectivity index (χ0v) is 13.2. The van der Waals surface area contributed by atoms with Gasteiger partial charge in [-0.25, -0.2) is 9.97 Å². The van der Waals surface area contributed by atoms with Crippen LogP contribution >= 0.6 is 0 Å². The zero-order chi connectivity index (χ0) is 16.2. The summed E-state index contributed by atoms with van der Waals surface area (Å²) < 4.78 is 0. The van der Waals surface area contributed by atoms with Crippen LogP contribution in [0.1, 0.15) is 11.1 Å². The van der Waals surface area contributed by atoms with Crippen molar-refractivity contribution in [1.29, 1.82) is 0 Å². The van der Waals surface area contributed by atoms with E-state index in [0.717, 1.165) is 11.4 Å². The fourth-order valence-corrected chi connectivity index (χ4v) is 2.31. The molecule has 0 radical (unpaired) electrons. The number of aromatic nitrogens is 2. The van der Waals surface area contributed by atoms with Crippen LogP contribution in [0.15, 0.2) is 54.9 Å². The second kappa shape index (κ2) is 6.36. The standard InChI is InChI=1S/C18H19N5/c1-12-5-3-7-14(9-12)22-17-16(19)18(21-11-20-17)23-15-8-4-6-13(2)10-15/h3-11H,19H2,1-2H3,(H2,20,21,22,23). The molecule has 0 spiro atoms. The van der Waals surface area contributed by atoms with Gasteiger partial charge in [0.05, 0.1) is 0 Å². The lowest BCUT2D eigenvalue weighted by molar-refractivity contribution is 1.17. The van der Waals surface area contributed by atoms with Gasteiger partial charge in [-0.3, -0.25) is 0 Å². The van der Waals surface area contributed by atoms with Crippen molar-refractivity contribution in [2.75, 3.05) is 16.4 Å². The largest absolute Gasteiger partial charge is 0.393 e. The minimum Gasteiger partial charge on any atom is -0.393 e. The summed E-state index contributed by atoms with van der Waals surface area (Å²) in [6, 6.07) is 16.1. The number of nitrogens with zero attached hydrogens (tertiary/aromatic N) is 2. The molecule has 1 heterocycles. The van der Waals surface area contributed by atoms with Gasteiger partial charge < -0.3 is 16.4 Å². The molecule has 0 aliphatic rings. The summed E-state index contributed by atoms with van der Waals surface area (Å²) in [5.74, 6) is 1.17. The molecule has 0 bridgehead atoms. The lowest BCUT2D eigenvalue weighted by atomic mass is 10.2. The predicted octanol–water partition coefficient (Wildman–Crippen LogP) is 4.16. The Morgan fingerprint density at radius 2 is 1.26 bits per heavy atom. The minimum atomic E-state index is 0.482. The van der Waals surface area contributed by atoms with Crippen molar-refractivity contribution in [1.82, 2.24) is 9.97 Å². The van der Waals surface area contributed by atoms with E-state index in [2.05, 4.69) is 20.6 Å². The minimum absolute atomic E-state index is 0.482. The van der Waals surface area contributed by atoms with E-state index in [0.29, 0.717) is 17.3 Å². The molecule has 3 rings (SSSR count).